The van der Waals surface area contributed by atoms with Crippen LogP contribution in [0.5, 0.6) is 0 Å². The fourth-order valence-corrected chi connectivity index (χ4v) is 5.92. The van der Waals surface area contributed by atoms with E-state index < -0.39 is 28.5 Å². The molecule has 7 nitrogen and oxygen atoms in total. The predicted molar refractivity (Wildman–Crippen MR) is 108 cm³/mol. The standard InChI is InChI=1S/C20H28F2N4O3S/c1-15-2-4-17(5-3-15)30(28,29)26-10-8-24(9-11-26)16-12-18(23-13-16)19(27)25-7-6-20(21,22)14-25/h2-5,16,18,23H,6-14H2,1H3/t16-,18-/m0/s1. The molecule has 2 atom stereocenters. The van der Waals surface area contributed by atoms with Gasteiger partial charge in [0.05, 0.1) is 17.5 Å². The Hall–Kier alpha value is -1.62. The van der Waals surface area contributed by atoms with E-state index in [-0.39, 0.29) is 24.9 Å². The van der Waals surface area contributed by atoms with Crippen LogP contribution >= 0.6 is 0 Å². The van der Waals surface area contributed by atoms with Gasteiger partial charge in [-0.05, 0) is 25.5 Å². The van der Waals surface area contributed by atoms with Crippen LogP contribution < -0.4 is 5.32 Å². The Morgan fingerprint density at radius 3 is 2.37 bits per heavy atom. The van der Waals surface area contributed by atoms with E-state index in [4.69, 9.17) is 0 Å². The lowest BCUT2D eigenvalue weighted by molar-refractivity contribution is -0.133. The van der Waals surface area contributed by atoms with Crippen molar-refractivity contribution in [2.24, 2.45) is 0 Å². The van der Waals surface area contributed by atoms with Crippen LogP contribution in [0.2, 0.25) is 0 Å². The van der Waals surface area contributed by atoms with Crippen molar-refractivity contribution in [1.82, 2.24) is 19.4 Å². The second-order valence-corrected chi connectivity index (χ2v) is 10.4. The number of amides is 1. The van der Waals surface area contributed by atoms with E-state index in [0.29, 0.717) is 44.0 Å². The molecule has 3 heterocycles. The monoisotopic (exact) mass is 442 g/mol. The van der Waals surface area contributed by atoms with Crippen LogP contribution in [0.3, 0.4) is 0 Å². The van der Waals surface area contributed by atoms with Gasteiger partial charge in [-0.15, -0.1) is 0 Å². The number of nitrogens with one attached hydrogen (secondary N) is 1. The van der Waals surface area contributed by atoms with Gasteiger partial charge in [0.2, 0.25) is 15.9 Å². The molecule has 0 unspecified atom stereocenters. The molecule has 3 fully saturated rings. The van der Waals surface area contributed by atoms with Gasteiger partial charge in [0.25, 0.3) is 5.92 Å². The van der Waals surface area contributed by atoms with E-state index in [9.17, 15) is 22.0 Å². The topological polar surface area (TPSA) is 73.0 Å². The van der Waals surface area contributed by atoms with Gasteiger partial charge in [0.15, 0.2) is 0 Å². The van der Waals surface area contributed by atoms with E-state index in [1.807, 2.05) is 6.92 Å². The highest BCUT2D eigenvalue weighted by molar-refractivity contribution is 7.89. The molecule has 1 N–H and O–H groups in total. The van der Waals surface area contributed by atoms with Crippen LogP contribution in [0.15, 0.2) is 29.2 Å². The van der Waals surface area contributed by atoms with Gasteiger partial charge >= 0.3 is 0 Å². The second kappa shape index (κ2) is 8.14. The van der Waals surface area contributed by atoms with Crippen molar-refractivity contribution >= 4 is 15.9 Å². The summed E-state index contributed by atoms with van der Waals surface area (Å²) in [6, 6.07) is 6.51. The summed E-state index contributed by atoms with van der Waals surface area (Å²) in [5, 5.41) is 3.17. The SMILES string of the molecule is Cc1ccc(S(=O)(=O)N2CCN([C@@H]3CN[C@H](C(=O)N4CCC(F)(F)C4)C3)CC2)cc1. The molecule has 1 aromatic carbocycles. The minimum absolute atomic E-state index is 0.101. The first-order chi connectivity index (χ1) is 14.2. The number of aryl methyl sites for hydroxylation is 1. The molecule has 0 bridgehead atoms. The Balaban J connectivity index is 1.31. The zero-order valence-electron chi connectivity index (χ0n) is 17.1. The second-order valence-electron chi connectivity index (χ2n) is 8.47. The van der Waals surface area contributed by atoms with Crippen molar-refractivity contribution in [2.45, 2.75) is 42.7 Å². The number of rotatable bonds is 4. The average Bonchev–Trinajstić information content (AvgIpc) is 3.34. The van der Waals surface area contributed by atoms with Gasteiger partial charge in [-0.25, -0.2) is 17.2 Å². The molecule has 0 aliphatic carbocycles. The lowest BCUT2D eigenvalue weighted by Crippen LogP contribution is -2.52. The Morgan fingerprint density at radius 2 is 1.77 bits per heavy atom. The number of piperazine rings is 1. The van der Waals surface area contributed by atoms with Gasteiger partial charge in [0, 0.05) is 51.7 Å². The first-order valence-electron chi connectivity index (χ1n) is 10.4. The number of sulfonamides is 1. The van der Waals surface area contributed by atoms with Crippen LogP contribution in [0, 0.1) is 6.92 Å². The molecule has 0 aromatic heterocycles. The highest BCUT2D eigenvalue weighted by Crippen LogP contribution is 2.28. The molecular weight excluding hydrogens is 414 g/mol. The number of carbonyl (C=O) groups is 1. The third-order valence-electron chi connectivity index (χ3n) is 6.34. The summed E-state index contributed by atoms with van der Waals surface area (Å²) in [6.45, 7) is 4.07. The molecule has 1 aromatic rings. The number of likely N-dealkylation sites (tertiary alicyclic amines) is 1. The summed E-state index contributed by atoms with van der Waals surface area (Å²) in [4.78, 5) is 16.3. The number of carbonyl (C=O) groups excluding carboxylic acids is 1. The maximum absolute atomic E-state index is 13.4. The normalized spacial score (nSPS) is 28.2. The predicted octanol–water partition coefficient (Wildman–Crippen LogP) is 0.899. The van der Waals surface area contributed by atoms with Crippen molar-refractivity contribution in [3.63, 3.8) is 0 Å². The molecule has 30 heavy (non-hydrogen) atoms. The summed E-state index contributed by atoms with van der Waals surface area (Å²) in [7, 11) is -3.51. The quantitative estimate of drug-likeness (QED) is 0.750. The maximum atomic E-state index is 13.4. The third kappa shape index (κ3) is 4.37. The molecule has 10 heteroatoms. The van der Waals surface area contributed by atoms with Crippen molar-refractivity contribution in [1.29, 1.82) is 0 Å². The minimum Gasteiger partial charge on any atom is -0.335 e. The van der Waals surface area contributed by atoms with E-state index in [1.165, 1.54) is 9.21 Å². The van der Waals surface area contributed by atoms with Gasteiger partial charge < -0.3 is 10.2 Å². The molecular formula is C20H28F2N4O3S. The fourth-order valence-electron chi connectivity index (χ4n) is 4.50. The van der Waals surface area contributed by atoms with Crippen molar-refractivity contribution in [2.75, 3.05) is 45.8 Å². The first-order valence-corrected chi connectivity index (χ1v) is 11.8. The smallest absolute Gasteiger partial charge is 0.267 e. The molecule has 3 aliphatic heterocycles. The van der Waals surface area contributed by atoms with Crippen LogP contribution in [0.25, 0.3) is 0 Å². The Morgan fingerprint density at radius 1 is 1.10 bits per heavy atom. The summed E-state index contributed by atoms with van der Waals surface area (Å²) in [6.07, 6.45) is 0.290. The molecule has 4 rings (SSSR count). The largest absolute Gasteiger partial charge is 0.335 e. The zero-order chi connectivity index (χ0) is 21.5. The highest BCUT2D eigenvalue weighted by atomic mass is 32.2. The molecule has 3 aliphatic rings. The number of halogens is 2. The Bertz CT molecular complexity index is 886. The summed E-state index contributed by atoms with van der Waals surface area (Å²) >= 11 is 0. The lowest BCUT2D eigenvalue weighted by atomic mass is 10.1. The Kier molecular flexibility index (Phi) is 5.86. The van der Waals surface area contributed by atoms with Crippen LogP contribution in [-0.4, -0.2) is 92.2 Å². The van der Waals surface area contributed by atoms with Crippen LogP contribution in [0.1, 0.15) is 18.4 Å². The number of benzene rings is 1. The first kappa shape index (κ1) is 21.6. The Labute approximate surface area is 176 Å². The number of hydrogen-bond acceptors (Lipinski definition) is 5. The maximum Gasteiger partial charge on any atom is 0.267 e. The van der Waals surface area contributed by atoms with E-state index >= 15 is 0 Å². The highest BCUT2D eigenvalue weighted by Gasteiger charge is 2.44. The van der Waals surface area contributed by atoms with Gasteiger partial charge in [0.1, 0.15) is 0 Å². The summed E-state index contributed by atoms with van der Waals surface area (Å²) in [5.41, 5.74) is 1.01. The summed E-state index contributed by atoms with van der Waals surface area (Å²) in [5.74, 6) is -3.04. The van der Waals surface area contributed by atoms with Gasteiger partial charge in [-0.2, -0.15) is 4.31 Å². The lowest BCUT2D eigenvalue weighted by Gasteiger charge is -2.37. The van der Waals surface area contributed by atoms with E-state index in [0.717, 1.165) is 5.56 Å². The van der Waals surface area contributed by atoms with Crippen molar-refractivity contribution in [3.8, 4) is 0 Å². The van der Waals surface area contributed by atoms with Crippen LogP contribution in [-0.2, 0) is 14.8 Å². The number of hydrogen-bond donors (Lipinski definition) is 1. The molecule has 0 radical (unpaired) electrons. The summed E-state index contributed by atoms with van der Waals surface area (Å²) < 4.78 is 54.0. The van der Waals surface area contributed by atoms with E-state index in [1.54, 1.807) is 24.3 Å². The molecule has 3 saturated heterocycles. The van der Waals surface area contributed by atoms with Crippen molar-refractivity contribution < 1.29 is 22.0 Å². The molecule has 1 amide bonds. The van der Waals surface area contributed by atoms with E-state index in [2.05, 4.69) is 10.2 Å². The molecule has 0 saturated carbocycles. The average molecular weight is 443 g/mol. The molecule has 0 spiro atoms. The number of nitrogens with zero attached hydrogens (tertiary/aromatic N) is 3. The third-order valence-corrected chi connectivity index (χ3v) is 8.25. The fraction of sp³-hybridized carbons (Fsp3) is 0.650. The zero-order valence-corrected chi connectivity index (χ0v) is 17.9. The number of alkyl halides is 2. The van der Waals surface area contributed by atoms with Gasteiger partial charge in [-0.1, -0.05) is 17.7 Å². The van der Waals surface area contributed by atoms with Crippen molar-refractivity contribution in [3.05, 3.63) is 29.8 Å². The minimum atomic E-state index is -3.51. The molecule has 166 valence electrons. The van der Waals surface area contributed by atoms with Crippen LogP contribution in [0.4, 0.5) is 8.78 Å². The van der Waals surface area contributed by atoms with Gasteiger partial charge in [-0.3, -0.25) is 9.69 Å².